The smallest absolute Gasteiger partial charge is 0.386 e. The van der Waals surface area contributed by atoms with E-state index in [0.29, 0.717) is 22.1 Å². The van der Waals surface area contributed by atoms with Crippen LogP contribution in [0.5, 0.6) is 0 Å². The monoisotopic (exact) mass is 465 g/mol. The van der Waals surface area contributed by atoms with Crippen molar-refractivity contribution in [2.75, 3.05) is 12.3 Å². The Morgan fingerprint density at radius 2 is 2.16 bits per heavy atom. The number of benzene rings is 1. The molecule has 31 heavy (non-hydrogen) atoms. The predicted molar refractivity (Wildman–Crippen MR) is 111 cm³/mol. The van der Waals surface area contributed by atoms with Crippen LogP contribution >= 0.6 is 19.6 Å². The molecular weight excluding hydrogens is 445 g/mol. The van der Waals surface area contributed by atoms with Gasteiger partial charge in [0, 0.05) is 5.75 Å². The summed E-state index contributed by atoms with van der Waals surface area (Å²) >= 11 is 1.43. The van der Waals surface area contributed by atoms with E-state index in [2.05, 4.69) is 15.0 Å². The second-order valence-corrected chi connectivity index (χ2v) is 9.65. The van der Waals surface area contributed by atoms with Gasteiger partial charge in [0.25, 0.3) is 0 Å². The average molecular weight is 465 g/mol. The Kier molecular flexibility index (Phi) is 5.25. The van der Waals surface area contributed by atoms with E-state index < -0.39 is 32.4 Å². The maximum absolute atomic E-state index is 11.8. The predicted octanol–water partition coefficient (Wildman–Crippen LogP) is 1.78. The molecule has 2 fully saturated rings. The lowest BCUT2D eigenvalue weighted by molar-refractivity contribution is -0.0684. The van der Waals surface area contributed by atoms with Crippen molar-refractivity contribution in [3.05, 3.63) is 41.7 Å². The van der Waals surface area contributed by atoms with Crippen LogP contribution in [0.3, 0.4) is 0 Å². The minimum absolute atomic E-state index is 0.179. The lowest BCUT2D eigenvalue weighted by atomic mass is 10.1. The van der Waals surface area contributed by atoms with Crippen LogP contribution in [0.2, 0.25) is 0 Å². The van der Waals surface area contributed by atoms with Gasteiger partial charge in [-0.25, -0.2) is 19.5 Å². The Morgan fingerprint density at radius 1 is 1.35 bits per heavy atom. The summed E-state index contributed by atoms with van der Waals surface area (Å²) in [5.41, 5.74) is 9.04. The number of rotatable bonds is 4. The normalized spacial score (nSPS) is 30.5. The summed E-state index contributed by atoms with van der Waals surface area (Å²) in [7, 11) is -4.24. The highest BCUT2D eigenvalue weighted by atomic mass is 32.2. The van der Waals surface area contributed by atoms with Gasteiger partial charge in [0.2, 0.25) is 0 Å². The number of aliphatic hydroxyl groups is 1. The van der Waals surface area contributed by atoms with Crippen molar-refractivity contribution in [1.29, 1.82) is 0 Å². The van der Waals surface area contributed by atoms with E-state index in [-0.39, 0.29) is 12.4 Å². The van der Waals surface area contributed by atoms with Crippen molar-refractivity contribution in [3.8, 4) is 0 Å². The van der Waals surface area contributed by atoms with Gasteiger partial charge in [-0.15, -0.1) is 0 Å². The van der Waals surface area contributed by atoms with Crippen molar-refractivity contribution in [1.82, 2.24) is 19.5 Å². The number of ether oxygens (including phenoxy) is 1. The number of nitrogens with two attached hydrogens (primary N) is 1. The number of thioether (sulfide) groups is 1. The molecule has 5 atom stereocenters. The van der Waals surface area contributed by atoms with Crippen LogP contribution in [0, 0.1) is 6.92 Å². The van der Waals surface area contributed by atoms with Crippen molar-refractivity contribution in [2.45, 2.75) is 42.4 Å². The fourth-order valence-electron chi connectivity index (χ4n) is 3.70. The molecule has 4 N–H and O–H groups in total. The number of fused-ring (bicyclic) bond motifs is 2. The largest absolute Gasteiger partial charge is 0.472 e. The Morgan fingerprint density at radius 3 is 2.97 bits per heavy atom. The molecule has 2 saturated heterocycles. The van der Waals surface area contributed by atoms with Crippen LogP contribution in [0.25, 0.3) is 11.2 Å². The van der Waals surface area contributed by atoms with E-state index in [1.807, 2.05) is 31.2 Å². The van der Waals surface area contributed by atoms with Crippen molar-refractivity contribution in [2.24, 2.45) is 0 Å². The number of aromatic nitrogens is 4. The topological polar surface area (TPSA) is 155 Å². The van der Waals surface area contributed by atoms with Crippen molar-refractivity contribution >= 4 is 36.6 Å². The second kappa shape index (κ2) is 7.82. The number of aryl methyl sites for hydroxylation is 1. The zero-order valence-electron chi connectivity index (χ0n) is 16.4. The molecule has 4 heterocycles. The maximum atomic E-state index is 11.8. The van der Waals surface area contributed by atoms with Gasteiger partial charge in [0.05, 0.1) is 6.61 Å². The Hall–Kier alpha value is -2.05. The highest BCUT2D eigenvalue weighted by Crippen LogP contribution is 2.53. The van der Waals surface area contributed by atoms with Crippen LogP contribution in [-0.4, -0.2) is 54.4 Å². The first-order valence-corrected chi connectivity index (χ1v) is 12.0. The lowest BCUT2D eigenvalue weighted by Crippen LogP contribution is -2.39. The maximum Gasteiger partial charge on any atom is 0.472 e. The highest BCUT2D eigenvalue weighted by molar-refractivity contribution is 7.98. The summed E-state index contributed by atoms with van der Waals surface area (Å²) in [5, 5.41) is 11.4. The zero-order chi connectivity index (χ0) is 21.8. The molecule has 2 aliphatic rings. The van der Waals surface area contributed by atoms with Crippen LogP contribution in [0.1, 0.15) is 17.4 Å². The molecule has 3 aromatic rings. The first-order valence-electron chi connectivity index (χ1n) is 9.49. The summed E-state index contributed by atoms with van der Waals surface area (Å²) in [6.07, 6.45) is -2.65. The van der Waals surface area contributed by atoms with Gasteiger partial charge in [-0.2, -0.15) is 0 Å². The van der Waals surface area contributed by atoms with Gasteiger partial charge < -0.3 is 20.5 Å². The number of nitrogen functional groups attached to an aromatic ring is 1. The summed E-state index contributed by atoms with van der Waals surface area (Å²) < 4.78 is 29.3. The lowest BCUT2D eigenvalue weighted by Gasteiger charge is -2.27. The Balaban J connectivity index is 1.53. The number of anilines is 1. The Labute approximate surface area is 181 Å². The van der Waals surface area contributed by atoms with Crippen LogP contribution in [-0.2, 0) is 24.1 Å². The highest BCUT2D eigenvalue weighted by Gasteiger charge is 2.53. The molecule has 0 bridgehead atoms. The fourth-order valence-corrected chi connectivity index (χ4v) is 5.76. The SMILES string of the molecule is Cc1ccccc1CSc1nc2c(N)ncnc2n1C1OC2COP(=O)(O)OC2C1O. The molecule has 0 radical (unpaired) electrons. The molecule has 2 aromatic heterocycles. The number of phosphoric ester groups is 1. The molecule has 1 aromatic carbocycles. The summed E-state index contributed by atoms with van der Waals surface area (Å²) in [5.74, 6) is 0.815. The number of hydrogen-bond acceptors (Lipinski definition) is 10. The van der Waals surface area contributed by atoms with Gasteiger partial charge in [0.1, 0.15) is 24.6 Å². The Bertz CT molecular complexity index is 1190. The van der Waals surface area contributed by atoms with Crippen LogP contribution in [0.4, 0.5) is 5.82 Å². The third kappa shape index (κ3) is 3.74. The number of imidazole rings is 1. The van der Waals surface area contributed by atoms with Gasteiger partial charge >= 0.3 is 7.82 Å². The zero-order valence-corrected chi connectivity index (χ0v) is 18.1. The molecule has 0 saturated carbocycles. The molecule has 0 amide bonds. The van der Waals surface area contributed by atoms with E-state index in [4.69, 9.17) is 19.5 Å². The van der Waals surface area contributed by atoms with Crippen LogP contribution in [0.15, 0.2) is 35.7 Å². The van der Waals surface area contributed by atoms with Crippen molar-refractivity contribution in [3.63, 3.8) is 0 Å². The van der Waals surface area contributed by atoms with Gasteiger partial charge in [0.15, 0.2) is 28.4 Å². The molecule has 5 rings (SSSR count). The van der Waals surface area contributed by atoms with Crippen molar-refractivity contribution < 1.29 is 28.3 Å². The van der Waals surface area contributed by atoms with Gasteiger partial charge in [-0.05, 0) is 18.1 Å². The second-order valence-electron chi connectivity index (χ2n) is 7.30. The molecule has 13 heteroatoms. The third-order valence-electron chi connectivity index (χ3n) is 5.31. The minimum Gasteiger partial charge on any atom is -0.386 e. The number of aliphatic hydroxyl groups excluding tert-OH is 1. The molecule has 2 aliphatic heterocycles. The summed E-state index contributed by atoms with van der Waals surface area (Å²) in [6.45, 7) is 1.85. The first-order chi connectivity index (χ1) is 14.8. The van der Waals surface area contributed by atoms with E-state index in [0.717, 1.165) is 11.1 Å². The quantitative estimate of drug-likeness (QED) is 0.381. The molecule has 0 spiro atoms. The van der Waals surface area contributed by atoms with Crippen LogP contribution < -0.4 is 5.73 Å². The fraction of sp³-hybridized carbons (Fsp3) is 0.389. The molecule has 164 valence electrons. The summed E-state index contributed by atoms with van der Waals surface area (Å²) in [4.78, 5) is 22.5. The average Bonchev–Trinajstić information content (AvgIpc) is 3.25. The number of phosphoric acid groups is 1. The standard InChI is InChI=1S/C18H20N5O6PS/c1-9-4-2-3-5-10(9)7-31-18-22-12-15(19)20-8-21-16(12)23(18)17-13(24)14-11(28-17)6-27-30(25,26)29-14/h2-5,8,11,13-14,17,24H,6-7H2,1H3,(H,25,26)(H2,19,20,21). The third-order valence-corrected chi connectivity index (χ3v) is 7.30. The molecular formula is C18H20N5O6PS. The summed E-state index contributed by atoms with van der Waals surface area (Å²) in [6, 6.07) is 8.00. The molecule has 11 nitrogen and oxygen atoms in total. The van der Waals surface area contributed by atoms with Gasteiger partial charge in [-0.1, -0.05) is 36.0 Å². The minimum atomic E-state index is -4.24. The number of hydrogen-bond donors (Lipinski definition) is 3. The van der Waals surface area contributed by atoms with E-state index in [1.54, 1.807) is 4.57 Å². The molecule has 0 aliphatic carbocycles. The van der Waals surface area contributed by atoms with Gasteiger partial charge in [-0.3, -0.25) is 13.6 Å². The van der Waals surface area contributed by atoms with E-state index in [9.17, 15) is 14.6 Å². The van der Waals surface area contributed by atoms with E-state index >= 15 is 0 Å². The molecule has 5 unspecified atom stereocenters. The first kappa shape index (κ1) is 20.8. The number of nitrogens with zero attached hydrogens (tertiary/aromatic N) is 4. The van der Waals surface area contributed by atoms with E-state index in [1.165, 1.54) is 18.1 Å².